The van der Waals surface area contributed by atoms with Crippen LogP contribution >= 0.6 is 11.8 Å². The van der Waals surface area contributed by atoms with Crippen LogP contribution in [0, 0.1) is 5.75 Å². The predicted octanol–water partition coefficient (Wildman–Crippen LogP) is 0.405. The van der Waals surface area contributed by atoms with Crippen LogP contribution in [-0.2, 0) is 0 Å². The highest BCUT2D eigenvalue weighted by atomic mass is 32.2. The fourth-order valence-electron chi connectivity index (χ4n) is 0.649. The Hall–Kier alpha value is -0.620. The zero-order valence-electron chi connectivity index (χ0n) is 7.19. The number of rotatable bonds is 5. The number of nitrogens with zero attached hydrogens (tertiary/aromatic N) is 4. The van der Waals surface area contributed by atoms with Crippen LogP contribution in [0.3, 0.4) is 0 Å². The molecule has 6 heteroatoms. The van der Waals surface area contributed by atoms with E-state index in [0.29, 0.717) is 0 Å². The van der Waals surface area contributed by atoms with Gasteiger partial charge in [-0.2, -0.15) is 0 Å². The molecule has 0 saturated carbocycles. The number of thioether (sulfide) groups is 1. The smallest absolute Gasteiger partial charge is 0.207 e. The fraction of sp³-hybridized carbons (Fsp3) is 0.667. The molecule has 1 aromatic rings. The zero-order chi connectivity index (χ0) is 8.81. The molecule has 0 saturated heterocycles. The fourth-order valence-corrected chi connectivity index (χ4v) is 1.21. The summed E-state index contributed by atoms with van der Waals surface area (Å²) in [5, 5.41) is 14.1. The van der Waals surface area contributed by atoms with Gasteiger partial charge in [0.15, 0.2) is 0 Å². The molecule has 12 heavy (non-hydrogen) atoms. The Labute approximate surface area is 75.9 Å². The SMILES string of the molecule is CN(C)CC[CH]Sc1nnn[nH]1. The molecule has 0 aliphatic heterocycles. The highest BCUT2D eigenvalue weighted by Gasteiger charge is 1.97. The van der Waals surface area contributed by atoms with Crippen molar-refractivity contribution in [1.82, 2.24) is 25.5 Å². The lowest BCUT2D eigenvalue weighted by Crippen LogP contribution is -2.12. The van der Waals surface area contributed by atoms with Gasteiger partial charge in [-0.1, -0.05) is 11.8 Å². The molecule has 0 atom stereocenters. The maximum Gasteiger partial charge on any atom is 0.207 e. The largest absolute Gasteiger partial charge is 0.309 e. The van der Waals surface area contributed by atoms with Gasteiger partial charge >= 0.3 is 0 Å². The molecule has 1 rings (SSSR count). The first kappa shape index (κ1) is 9.47. The van der Waals surface area contributed by atoms with Gasteiger partial charge in [0.2, 0.25) is 5.16 Å². The lowest BCUT2D eigenvalue weighted by Gasteiger charge is -2.06. The predicted molar refractivity (Wildman–Crippen MR) is 47.5 cm³/mol. The first-order valence-electron chi connectivity index (χ1n) is 3.66. The standard InChI is InChI=1S/C6H12N5S/c1-11(2)4-3-5-12-6-7-9-10-8-6/h5H,3-4H2,1-2H3,(H,7,8,9,10). The first-order chi connectivity index (χ1) is 5.79. The van der Waals surface area contributed by atoms with E-state index in [1.165, 1.54) is 11.8 Å². The average Bonchev–Trinajstić information content (AvgIpc) is 2.49. The highest BCUT2D eigenvalue weighted by molar-refractivity contribution is 8.01. The number of tetrazole rings is 1. The molecule has 5 nitrogen and oxygen atoms in total. The molecule has 0 aliphatic rings. The van der Waals surface area contributed by atoms with Crippen LogP contribution in [0.4, 0.5) is 0 Å². The van der Waals surface area contributed by atoms with E-state index < -0.39 is 0 Å². The van der Waals surface area contributed by atoms with Crippen molar-refractivity contribution in [3.63, 3.8) is 0 Å². The van der Waals surface area contributed by atoms with Crippen molar-refractivity contribution in [3.8, 4) is 0 Å². The molecule has 0 bridgehead atoms. The van der Waals surface area contributed by atoms with Crippen molar-refractivity contribution in [2.75, 3.05) is 20.6 Å². The van der Waals surface area contributed by atoms with Crippen molar-refractivity contribution in [2.24, 2.45) is 0 Å². The molecule has 0 spiro atoms. The third-order valence-corrected chi connectivity index (χ3v) is 2.01. The van der Waals surface area contributed by atoms with E-state index in [2.05, 4.69) is 45.4 Å². The lowest BCUT2D eigenvalue weighted by molar-refractivity contribution is 0.415. The molecule has 67 valence electrons. The molecule has 1 heterocycles. The summed E-state index contributed by atoms with van der Waals surface area (Å²) in [7, 11) is 4.10. The zero-order valence-corrected chi connectivity index (χ0v) is 8.01. The maximum atomic E-state index is 3.73. The van der Waals surface area contributed by atoms with Gasteiger partial charge in [-0.05, 0) is 37.5 Å². The number of hydrogen-bond donors (Lipinski definition) is 1. The summed E-state index contributed by atoms with van der Waals surface area (Å²) in [6.07, 6.45) is 1.03. The monoisotopic (exact) mass is 186 g/mol. The second-order valence-corrected chi connectivity index (χ2v) is 3.54. The van der Waals surface area contributed by atoms with Gasteiger partial charge in [0.1, 0.15) is 0 Å². The lowest BCUT2D eigenvalue weighted by atomic mass is 10.5. The molecule has 0 unspecified atom stereocenters. The Morgan fingerprint density at radius 1 is 1.58 bits per heavy atom. The van der Waals surface area contributed by atoms with Gasteiger partial charge in [-0.25, -0.2) is 5.10 Å². The normalized spacial score (nSPS) is 10.9. The van der Waals surface area contributed by atoms with Crippen LogP contribution in [0.25, 0.3) is 0 Å². The first-order valence-corrected chi connectivity index (χ1v) is 4.54. The molecular weight excluding hydrogens is 174 g/mol. The minimum absolute atomic E-state index is 0.744. The van der Waals surface area contributed by atoms with Crippen molar-refractivity contribution in [1.29, 1.82) is 0 Å². The summed E-state index contributed by atoms with van der Waals surface area (Å²) < 4.78 is 0. The van der Waals surface area contributed by atoms with Gasteiger partial charge < -0.3 is 4.90 Å². The van der Waals surface area contributed by atoms with E-state index in [-0.39, 0.29) is 0 Å². The van der Waals surface area contributed by atoms with E-state index in [0.717, 1.165) is 18.1 Å². The summed E-state index contributed by atoms with van der Waals surface area (Å²) in [6.45, 7) is 1.05. The molecule has 1 aromatic heterocycles. The topological polar surface area (TPSA) is 57.7 Å². The number of H-pyrrole nitrogens is 1. The molecule has 0 aliphatic carbocycles. The second-order valence-electron chi connectivity index (χ2n) is 2.58. The van der Waals surface area contributed by atoms with E-state index in [9.17, 15) is 0 Å². The third-order valence-electron chi connectivity index (χ3n) is 1.22. The van der Waals surface area contributed by atoms with E-state index in [1.807, 2.05) is 0 Å². The van der Waals surface area contributed by atoms with Crippen LogP contribution in [0.1, 0.15) is 6.42 Å². The third kappa shape index (κ3) is 3.68. The van der Waals surface area contributed by atoms with Crippen LogP contribution in [0.2, 0.25) is 0 Å². The van der Waals surface area contributed by atoms with Gasteiger partial charge in [-0.3, -0.25) is 0 Å². The quantitative estimate of drug-likeness (QED) is 0.533. The summed E-state index contributed by atoms with van der Waals surface area (Å²) in [6, 6.07) is 0. The van der Waals surface area contributed by atoms with Crippen molar-refractivity contribution in [2.45, 2.75) is 11.6 Å². The van der Waals surface area contributed by atoms with Gasteiger partial charge in [-0.15, -0.1) is 5.10 Å². The van der Waals surface area contributed by atoms with E-state index in [4.69, 9.17) is 0 Å². The number of aromatic amines is 1. The summed E-state index contributed by atoms with van der Waals surface area (Å²) in [4.78, 5) is 2.13. The van der Waals surface area contributed by atoms with Crippen molar-refractivity contribution in [3.05, 3.63) is 5.75 Å². The Morgan fingerprint density at radius 3 is 3.00 bits per heavy atom. The second kappa shape index (κ2) is 5.10. The molecule has 0 fully saturated rings. The molecular formula is C6H12N5S. The minimum Gasteiger partial charge on any atom is -0.309 e. The Bertz CT molecular complexity index is 198. The number of hydrogen-bond acceptors (Lipinski definition) is 5. The Morgan fingerprint density at radius 2 is 2.42 bits per heavy atom. The summed E-state index contributed by atoms with van der Waals surface area (Å²) in [5.41, 5.74) is 0. The molecule has 0 amide bonds. The average molecular weight is 186 g/mol. The van der Waals surface area contributed by atoms with Crippen LogP contribution < -0.4 is 0 Å². The van der Waals surface area contributed by atoms with Gasteiger partial charge in [0, 0.05) is 5.75 Å². The number of nitrogens with one attached hydrogen (secondary N) is 1. The summed E-state index contributed by atoms with van der Waals surface area (Å²) in [5.74, 6) is 2.09. The highest BCUT2D eigenvalue weighted by Crippen LogP contribution is 2.15. The van der Waals surface area contributed by atoms with Crippen molar-refractivity contribution >= 4 is 11.8 Å². The van der Waals surface area contributed by atoms with Gasteiger partial charge in [0.25, 0.3) is 0 Å². The molecule has 0 aromatic carbocycles. The van der Waals surface area contributed by atoms with Gasteiger partial charge in [0.05, 0.1) is 0 Å². The van der Waals surface area contributed by atoms with Crippen LogP contribution in [0.15, 0.2) is 5.16 Å². The molecule has 1 N–H and O–H groups in total. The van der Waals surface area contributed by atoms with Crippen LogP contribution in [0.5, 0.6) is 0 Å². The Kier molecular flexibility index (Phi) is 4.02. The van der Waals surface area contributed by atoms with Crippen LogP contribution in [-0.4, -0.2) is 46.2 Å². The minimum atomic E-state index is 0.744. The molecule has 1 radical (unpaired) electrons. The number of aromatic nitrogens is 4. The van der Waals surface area contributed by atoms with E-state index >= 15 is 0 Å². The van der Waals surface area contributed by atoms with E-state index in [1.54, 1.807) is 0 Å². The van der Waals surface area contributed by atoms with Crippen molar-refractivity contribution < 1.29 is 0 Å². The maximum absolute atomic E-state index is 3.73. The Balaban J connectivity index is 2.04. The summed E-state index contributed by atoms with van der Waals surface area (Å²) >= 11 is 1.53.